The van der Waals surface area contributed by atoms with E-state index < -0.39 is 11.7 Å². The Morgan fingerprint density at radius 3 is 2.65 bits per heavy atom. The van der Waals surface area contributed by atoms with E-state index in [4.69, 9.17) is 0 Å². The Balaban J connectivity index is 1.82. The van der Waals surface area contributed by atoms with Gasteiger partial charge in [0.25, 0.3) is 5.91 Å². The molecule has 7 nitrogen and oxygen atoms in total. The lowest BCUT2D eigenvalue weighted by Crippen LogP contribution is -2.16. The molecule has 0 fully saturated rings. The molecule has 0 aliphatic carbocycles. The van der Waals surface area contributed by atoms with Gasteiger partial charge in [-0.2, -0.15) is 5.10 Å². The smallest absolute Gasteiger partial charge is 0.258 e. The van der Waals surface area contributed by atoms with Crippen molar-refractivity contribution in [1.82, 2.24) is 14.2 Å². The molecular formula is C23H21FN4O3. The third-order valence-corrected chi connectivity index (χ3v) is 5.12. The quantitative estimate of drug-likeness (QED) is 0.482. The number of aliphatic hydroxyl groups is 1. The van der Waals surface area contributed by atoms with Gasteiger partial charge < -0.3 is 14.8 Å². The SMILES string of the molecule is CC(=O)c1cn2ccc(C)cc2c1C(=O)Nc1cc(CO)cc(-c2cnn(C)c2)c1F. The molecule has 3 heterocycles. The van der Waals surface area contributed by atoms with Gasteiger partial charge in [0.2, 0.25) is 0 Å². The fourth-order valence-electron chi connectivity index (χ4n) is 3.60. The molecule has 0 radical (unpaired) electrons. The highest BCUT2D eigenvalue weighted by molar-refractivity contribution is 6.16. The number of aryl methyl sites for hydroxylation is 2. The van der Waals surface area contributed by atoms with Crippen molar-refractivity contribution in [2.24, 2.45) is 7.05 Å². The normalized spacial score (nSPS) is 11.1. The fraction of sp³-hybridized carbons (Fsp3) is 0.174. The number of nitrogens with one attached hydrogen (secondary N) is 1. The average Bonchev–Trinajstić information content (AvgIpc) is 3.32. The second-order valence-electron chi connectivity index (χ2n) is 7.49. The van der Waals surface area contributed by atoms with Crippen molar-refractivity contribution in [3.05, 3.63) is 77.1 Å². The minimum Gasteiger partial charge on any atom is -0.392 e. The van der Waals surface area contributed by atoms with E-state index in [0.717, 1.165) is 5.56 Å². The molecule has 0 aliphatic heterocycles. The first-order valence-electron chi connectivity index (χ1n) is 9.64. The van der Waals surface area contributed by atoms with Gasteiger partial charge in [-0.05, 0) is 49.2 Å². The Morgan fingerprint density at radius 2 is 2.00 bits per heavy atom. The van der Waals surface area contributed by atoms with Crippen molar-refractivity contribution < 1.29 is 19.1 Å². The summed E-state index contributed by atoms with van der Waals surface area (Å²) in [5.41, 5.74) is 2.95. The van der Waals surface area contributed by atoms with Crippen molar-refractivity contribution >= 4 is 22.9 Å². The number of Topliss-reactive ketones (excluding diaryl/α,β-unsaturated/α-hetero) is 1. The Kier molecular flexibility index (Phi) is 5.16. The topological polar surface area (TPSA) is 88.6 Å². The van der Waals surface area contributed by atoms with Crippen LogP contribution in [0.15, 0.2) is 49.1 Å². The third-order valence-electron chi connectivity index (χ3n) is 5.12. The summed E-state index contributed by atoms with van der Waals surface area (Å²) in [6.45, 7) is 2.93. The summed E-state index contributed by atoms with van der Waals surface area (Å²) in [6, 6.07) is 6.55. The highest BCUT2D eigenvalue weighted by Crippen LogP contribution is 2.31. The maximum absolute atomic E-state index is 15.3. The van der Waals surface area contributed by atoms with Crippen LogP contribution in [0, 0.1) is 12.7 Å². The zero-order chi connectivity index (χ0) is 22.3. The number of carbonyl (C=O) groups excluding carboxylic acids is 2. The second-order valence-corrected chi connectivity index (χ2v) is 7.49. The second kappa shape index (κ2) is 7.81. The van der Waals surface area contributed by atoms with Gasteiger partial charge in [-0.1, -0.05) is 0 Å². The molecule has 0 saturated heterocycles. The van der Waals surface area contributed by atoms with Gasteiger partial charge in [-0.3, -0.25) is 14.3 Å². The molecular weight excluding hydrogens is 399 g/mol. The summed E-state index contributed by atoms with van der Waals surface area (Å²) in [5, 5.41) is 16.3. The number of halogens is 1. The third kappa shape index (κ3) is 3.73. The van der Waals surface area contributed by atoms with E-state index in [-0.39, 0.29) is 34.8 Å². The number of amides is 1. The minimum absolute atomic E-state index is 0.0862. The highest BCUT2D eigenvalue weighted by Gasteiger charge is 2.23. The molecule has 4 aromatic rings. The lowest BCUT2D eigenvalue weighted by atomic mass is 10.0. The molecule has 0 atom stereocenters. The van der Waals surface area contributed by atoms with Crippen LogP contribution >= 0.6 is 0 Å². The standard InChI is InChI=1S/C23H21FN4O3/c1-13-4-5-28-11-18(14(2)30)21(20(28)6-13)23(31)26-19-8-15(12-29)7-17(22(19)24)16-9-25-27(3)10-16/h4-11,29H,12H2,1-3H3,(H,26,31). The van der Waals surface area contributed by atoms with Crippen molar-refractivity contribution in [2.45, 2.75) is 20.5 Å². The van der Waals surface area contributed by atoms with E-state index in [0.29, 0.717) is 16.6 Å². The largest absolute Gasteiger partial charge is 0.392 e. The number of aliphatic hydroxyl groups excluding tert-OH is 1. The summed E-state index contributed by atoms with van der Waals surface area (Å²) in [4.78, 5) is 25.4. The van der Waals surface area contributed by atoms with Crippen LogP contribution in [-0.2, 0) is 13.7 Å². The maximum Gasteiger partial charge on any atom is 0.258 e. The van der Waals surface area contributed by atoms with Gasteiger partial charge in [-0.15, -0.1) is 0 Å². The van der Waals surface area contributed by atoms with Crippen LogP contribution in [0.25, 0.3) is 16.6 Å². The zero-order valence-corrected chi connectivity index (χ0v) is 17.3. The van der Waals surface area contributed by atoms with Crippen LogP contribution in [0.1, 0.15) is 38.8 Å². The van der Waals surface area contributed by atoms with Gasteiger partial charge in [0.15, 0.2) is 11.6 Å². The lowest BCUT2D eigenvalue weighted by Gasteiger charge is -2.12. The lowest BCUT2D eigenvalue weighted by molar-refractivity contribution is 0.0987. The molecule has 3 aromatic heterocycles. The van der Waals surface area contributed by atoms with Crippen LogP contribution in [0.5, 0.6) is 0 Å². The minimum atomic E-state index is -0.650. The molecule has 0 bridgehead atoms. The van der Waals surface area contributed by atoms with E-state index >= 15 is 4.39 Å². The Morgan fingerprint density at radius 1 is 1.23 bits per heavy atom. The molecule has 1 amide bonds. The van der Waals surface area contributed by atoms with E-state index in [2.05, 4.69) is 10.4 Å². The molecule has 0 aliphatic rings. The number of hydrogen-bond acceptors (Lipinski definition) is 4. The number of rotatable bonds is 5. The van der Waals surface area contributed by atoms with Crippen molar-refractivity contribution in [3.8, 4) is 11.1 Å². The first kappa shape index (κ1) is 20.5. The number of aromatic nitrogens is 3. The van der Waals surface area contributed by atoms with Crippen LogP contribution in [0.4, 0.5) is 10.1 Å². The highest BCUT2D eigenvalue weighted by atomic mass is 19.1. The van der Waals surface area contributed by atoms with Gasteiger partial charge >= 0.3 is 0 Å². The summed E-state index contributed by atoms with van der Waals surface area (Å²) in [5.74, 6) is -1.53. The number of nitrogens with zero attached hydrogens (tertiary/aromatic N) is 3. The Hall–Kier alpha value is -3.78. The van der Waals surface area contributed by atoms with E-state index in [1.54, 1.807) is 36.1 Å². The molecule has 0 saturated carbocycles. The monoisotopic (exact) mass is 420 g/mol. The molecule has 8 heteroatoms. The first-order chi connectivity index (χ1) is 14.8. The summed E-state index contributed by atoms with van der Waals surface area (Å²) in [7, 11) is 1.71. The van der Waals surface area contributed by atoms with Crippen molar-refractivity contribution in [1.29, 1.82) is 0 Å². The number of ketones is 1. The number of anilines is 1. The molecule has 31 heavy (non-hydrogen) atoms. The van der Waals surface area contributed by atoms with E-state index in [1.165, 1.54) is 29.9 Å². The average molecular weight is 420 g/mol. The molecule has 2 N–H and O–H groups in total. The zero-order valence-electron chi connectivity index (χ0n) is 17.3. The van der Waals surface area contributed by atoms with Gasteiger partial charge in [0.05, 0.1) is 29.6 Å². The number of hydrogen-bond donors (Lipinski definition) is 2. The number of pyridine rings is 1. The number of carbonyl (C=O) groups is 2. The predicted molar refractivity (Wildman–Crippen MR) is 115 cm³/mol. The van der Waals surface area contributed by atoms with Crippen molar-refractivity contribution in [2.75, 3.05) is 5.32 Å². The Labute approximate surface area is 177 Å². The van der Waals surface area contributed by atoms with Gasteiger partial charge in [-0.25, -0.2) is 4.39 Å². The molecule has 0 unspecified atom stereocenters. The van der Waals surface area contributed by atoms with Crippen molar-refractivity contribution in [3.63, 3.8) is 0 Å². The number of fused-ring (bicyclic) bond motifs is 1. The fourth-order valence-corrected chi connectivity index (χ4v) is 3.60. The predicted octanol–water partition coefficient (Wildman–Crippen LogP) is 3.73. The van der Waals surface area contributed by atoms with Gasteiger partial charge in [0, 0.05) is 42.3 Å². The van der Waals surface area contributed by atoms with Gasteiger partial charge in [0.1, 0.15) is 0 Å². The summed E-state index contributed by atoms with van der Waals surface area (Å²) >= 11 is 0. The van der Waals surface area contributed by atoms with Crippen LogP contribution in [-0.4, -0.2) is 31.0 Å². The van der Waals surface area contributed by atoms with Crippen LogP contribution in [0.2, 0.25) is 0 Å². The summed E-state index contributed by atoms with van der Waals surface area (Å²) < 4.78 is 18.5. The van der Waals surface area contributed by atoms with Crippen LogP contribution in [0.3, 0.4) is 0 Å². The van der Waals surface area contributed by atoms with E-state index in [9.17, 15) is 14.7 Å². The molecule has 1 aromatic carbocycles. The van der Waals surface area contributed by atoms with Crippen LogP contribution < -0.4 is 5.32 Å². The van der Waals surface area contributed by atoms with E-state index in [1.807, 2.05) is 13.0 Å². The molecule has 0 spiro atoms. The first-order valence-corrected chi connectivity index (χ1v) is 9.64. The summed E-state index contributed by atoms with van der Waals surface area (Å²) in [6.07, 6.45) is 6.50. The Bertz CT molecular complexity index is 1340. The molecule has 4 rings (SSSR count). The number of benzene rings is 1. The maximum atomic E-state index is 15.3. The molecule has 158 valence electrons.